The van der Waals surface area contributed by atoms with E-state index in [1.807, 2.05) is 0 Å². The molecule has 1 aliphatic carbocycles. The summed E-state index contributed by atoms with van der Waals surface area (Å²) in [6.45, 7) is 6.32. The number of nitrogens with one attached hydrogen (secondary N) is 1. The number of rotatable bonds is 8. The maximum atomic E-state index is 11.5. The SMILES string of the molecule is CCN1CCCC1CN(C)CC(NC1CC1)C(N)=O. The van der Waals surface area contributed by atoms with E-state index in [4.69, 9.17) is 5.73 Å². The van der Waals surface area contributed by atoms with Crippen LogP contribution in [0.25, 0.3) is 0 Å². The smallest absolute Gasteiger partial charge is 0.235 e. The molecule has 2 rings (SSSR count). The van der Waals surface area contributed by atoms with Crippen molar-refractivity contribution in [2.24, 2.45) is 5.73 Å². The van der Waals surface area contributed by atoms with E-state index in [-0.39, 0.29) is 11.9 Å². The van der Waals surface area contributed by atoms with E-state index in [1.54, 1.807) is 0 Å². The molecular formula is C14H28N4O. The third kappa shape index (κ3) is 4.44. The number of primary amides is 1. The van der Waals surface area contributed by atoms with Crippen LogP contribution in [0.2, 0.25) is 0 Å². The summed E-state index contributed by atoms with van der Waals surface area (Å²) < 4.78 is 0. The lowest BCUT2D eigenvalue weighted by Gasteiger charge is -2.29. The van der Waals surface area contributed by atoms with Crippen molar-refractivity contribution in [1.82, 2.24) is 15.1 Å². The van der Waals surface area contributed by atoms with Gasteiger partial charge >= 0.3 is 0 Å². The molecule has 2 fully saturated rings. The first-order chi connectivity index (χ1) is 9.10. The number of hydrogen-bond donors (Lipinski definition) is 2. The van der Waals surface area contributed by atoms with Gasteiger partial charge in [-0.3, -0.25) is 9.69 Å². The monoisotopic (exact) mass is 268 g/mol. The van der Waals surface area contributed by atoms with Crippen LogP contribution in [-0.2, 0) is 4.79 Å². The van der Waals surface area contributed by atoms with Crippen molar-refractivity contribution < 1.29 is 4.79 Å². The van der Waals surface area contributed by atoms with Crippen molar-refractivity contribution in [3.05, 3.63) is 0 Å². The molecule has 2 atom stereocenters. The minimum Gasteiger partial charge on any atom is -0.368 e. The van der Waals surface area contributed by atoms with E-state index >= 15 is 0 Å². The number of nitrogens with zero attached hydrogens (tertiary/aromatic N) is 2. The molecule has 1 saturated carbocycles. The maximum absolute atomic E-state index is 11.5. The Morgan fingerprint density at radius 2 is 2.21 bits per heavy atom. The minimum absolute atomic E-state index is 0.200. The van der Waals surface area contributed by atoms with E-state index < -0.39 is 0 Å². The quantitative estimate of drug-likeness (QED) is 0.651. The molecule has 3 N–H and O–H groups in total. The molecule has 0 aromatic carbocycles. The number of amides is 1. The molecule has 110 valence electrons. The van der Waals surface area contributed by atoms with Gasteiger partial charge in [-0.25, -0.2) is 0 Å². The summed E-state index contributed by atoms with van der Waals surface area (Å²) in [5, 5.41) is 3.34. The summed E-state index contributed by atoms with van der Waals surface area (Å²) in [5.41, 5.74) is 5.48. The van der Waals surface area contributed by atoms with E-state index in [9.17, 15) is 4.79 Å². The molecule has 0 bridgehead atoms. The third-order valence-electron chi connectivity index (χ3n) is 4.28. The summed E-state index contributed by atoms with van der Waals surface area (Å²) in [5.74, 6) is -0.225. The number of likely N-dealkylation sites (tertiary alicyclic amines) is 1. The van der Waals surface area contributed by atoms with Gasteiger partial charge in [-0.05, 0) is 45.8 Å². The molecule has 2 aliphatic rings. The molecule has 0 radical (unpaired) electrons. The highest BCUT2D eigenvalue weighted by Gasteiger charge is 2.29. The van der Waals surface area contributed by atoms with Crippen molar-refractivity contribution in [2.75, 3.05) is 33.2 Å². The van der Waals surface area contributed by atoms with E-state index in [1.165, 1.54) is 32.2 Å². The molecule has 2 unspecified atom stereocenters. The Labute approximate surface area is 116 Å². The van der Waals surface area contributed by atoms with Crippen LogP contribution < -0.4 is 11.1 Å². The average molecular weight is 268 g/mol. The van der Waals surface area contributed by atoms with E-state index in [0.717, 1.165) is 19.6 Å². The number of likely N-dealkylation sites (N-methyl/N-ethyl adjacent to an activating group) is 2. The van der Waals surface area contributed by atoms with Gasteiger partial charge in [-0.1, -0.05) is 6.92 Å². The number of carbonyl (C=O) groups excluding carboxylic acids is 1. The van der Waals surface area contributed by atoms with Gasteiger partial charge in [0.25, 0.3) is 0 Å². The second-order valence-electron chi connectivity index (χ2n) is 6.04. The standard InChI is InChI=1S/C14H28N4O/c1-3-18-8-4-5-12(18)9-17(2)10-13(14(15)19)16-11-6-7-11/h11-13,16H,3-10H2,1-2H3,(H2,15,19). The van der Waals surface area contributed by atoms with Crippen molar-refractivity contribution in [3.63, 3.8) is 0 Å². The number of nitrogens with two attached hydrogens (primary N) is 1. The van der Waals surface area contributed by atoms with Crippen LogP contribution in [0.15, 0.2) is 0 Å². The Hall–Kier alpha value is -0.650. The fourth-order valence-electron chi connectivity index (χ4n) is 3.02. The van der Waals surface area contributed by atoms with Crippen molar-refractivity contribution in [3.8, 4) is 0 Å². The van der Waals surface area contributed by atoms with E-state index in [2.05, 4.69) is 29.1 Å². The zero-order valence-electron chi connectivity index (χ0n) is 12.3. The van der Waals surface area contributed by atoms with Gasteiger partial charge in [0, 0.05) is 25.2 Å². The Morgan fingerprint density at radius 1 is 1.47 bits per heavy atom. The predicted molar refractivity (Wildman–Crippen MR) is 76.9 cm³/mol. The molecule has 0 aromatic heterocycles. The first kappa shape index (κ1) is 14.8. The molecule has 0 spiro atoms. The highest BCUT2D eigenvalue weighted by Crippen LogP contribution is 2.20. The topological polar surface area (TPSA) is 61.6 Å². The van der Waals surface area contributed by atoms with Gasteiger partial charge < -0.3 is 16.0 Å². The molecule has 0 aromatic rings. The van der Waals surface area contributed by atoms with Gasteiger partial charge in [0.2, 0.25) is 5.91 Å². The van der Waals surface area contributed by atoms with Crippen LogP contribution >= 0.6 is 0 Å². The van der Waals surface area contributed by atoms with Crippen molar-refractivity contribution in [2.45, 2.75) is 50.7 Å². The Morgan fingerprint density at radius 3 is 2.79 bits per heavy atom. The largest absolute Gasteiger partial charge is 0.368 e. The van der Waals surface area contributed by atoms with Crippen molar-refractivity contribution >= 4 is 5.91 Å². The second-order valence-corrected chi connectivity index (χ2v) is 6.04. The van der Waals surface area contributed by atoms with E-state index in [0.29, 0.717) is 12.1 Å². The first-order valence-corrected chi connectivity index (χ1v) is 7.58. The number of hydrogen-bond acceptors (Lipinski definition) is 4. The van der Waals surface area contributed by atoms with Crippen LogP contribution in [-0.4, -0.2) is 67.1 Å². The molecule has 5 nitrogen and oxygen atoms in total. The second kappa shape index (κ2) is 6.68. The zero-order valence-corrected chi connectivity index (χ0v) is 12.3. The van der Waals surface area contributed by atoms with Crippen LogP contribution in [0.3, 0.4) is 0 Å². The van der Waals surface area contributed by atoms with Crippen LogP contribution in [0.1, 0.15) is 32.6 Å². The third-order valence-corrected chi connectivity index (χ3v) is 4.28. The van der Waals surface area contributed by atoms with Crippen LogP contribution in [0.5, 0.6) is 0 Å². The lowest BCUT2D eigenvalue weighted by Crippen LogP contribution is -2.51. The Bertz CT molecular complexity index is 306. The molecule has 1 amide bonds. The maximum Gasteiger partial charge on any atom is 0.235 e. The van der Waals surface area contributed by atoms with Gasteiger partial charge in [0.05, 0.1) is 6.04 Å². The lowest BCUT2D eigenvalue weighted by atomic mass is 10.2. The Kier molecular flexibility index (Phi) is 5.19. The van der Waals surface area contributed by atoms with Gasteiger partial charge in [-0.2, -0.15) is 0 Å². The average Bonchev–Trinajstić information content (AvgIpc) is 3.06. The lowest BCUT2D eigenvalue weighted by molar-refractivity contribution is -0.120. The van der Waals surface area contributed by atoms with Crippen LogP contribution in [0.4, 0.5) is 0 Å². The molecular weight excluding hydrogens is 240 g/mol. The van der Waals surface area contributed by atoms with Gasteiger partial charge in [-0.15, -0.1) is 0 Å². The fraction of sp³-hybridized carbons (Fsp3) is 0.929. The zero-order chi connectivity index (χ0) is 13.8. The summed E-state index contributed by atoms with van der Waals surface area (Å²) in [4.78, 5) is 16.3. The minimum atomic E-state index is -0.225. The molecule has 1 heterocycles. The van der Waals surface area contributed by atoms with Crippen molar-refractivity contribution in [1.29, 1.82) is 0 Å². The summed E-state index contributed by atoms with van der Waals surface area (Å²) >= 11 is 0. The molecule has 5 heteroatoms. The summed E-state index contributed by atoms with van der Waals surface area (Å²) in [7, 11) is 2.09. The summed E-state index contributed by atoms with van der Waals surface area (Å²) in [6.07, 6.45) is 4.93. The fourth-order valence-corrected chi connectivity index (χ4v) is 3.02. The van der Waals surface area contributed by atoms with Gasteiger partial charge in [0.15, 0.2) is 0 Å². The van der Waals surface area contributed by atoms with Crippen LogP contribution in [0, 0.1) is 0 Å². The Balaban J connectivity index is 1.77. The van der Waals surface area contributed by atoms with Gasteiger partial charge in [0.1, 0.15) is 0 Å². The first-order valence-electron chi connectivity index (χ1n) is 7.58. The number of carbonyl (C=O) groups is 1. The summed E-state index contributed by atoms with van der Waals surface area (Å²) in [6, 6.07) is 0.961. The highest BCUT2D eigenvalue weighted by atomic mass is 16.1. The highest BCUT2D eigenvalue weighted by molar-refractivity contribution is 5.80. The molecule has 1 aliphatic heterocycles. The normalized spacial score (nSPS) is 25.9. The molecule has 19 heavy (non-hydrogen) atoms. The predicted octanol–water partition coefficient (Wildman–Crippen LogP) is 0.00840. The molecule has 1 saturated heterocycles.